The molecular formula is C22H29F2N3O4. The molecule has 1 saturated heterocycles. The third kappa shape index (κ3) is 4.55. The van der Waals surface area contributed by atoms with Gasteiger partial charge in [0.15, 0.2) is 17.4 Å². The quantitative estimate of drug-likeness (QED) is 0.702. The molecule has 2 aromatic rings. The molecule has 1 amide bonds. The maximum atomic E-state index is 15.2. The molecule has 2 heterocycles. The van der Waals surface area contributed by atoms with Crippen LogP contribution in [0.3, 0.4) is 0 Å². The summed E-state index contributed by atoms with van der Waals surface area (Å²) in [6.45, 7) is 5.84. The smallest absolute Gasteiger partial charge is 0.410 e. The van der Waals surface area contributed by atoms with Crippen LogP contribution in [0.1, 0.15) is 52.9 Å². The Morgan fingerprint density at radius 2 is 1.77 bits per heavy atom. The topological polar surface area (TPSA) is 65.8 Å². The van der Waals surface area contributed by atoms with Crippen LogP contribution >= 0.6 is 0 Å². The van der Waals surface area contributed by atoms with Gasteiger partial charge in [-0.3, -0.25) is 4.57 Å². The molecule has 170 valence electrons. The van der Waals surface area contributed by atoms with E-state index in [1.807, 2.05) is 0 Å². The van der Waals surface area contributed by atoms with Crippen LogP contribution in [-0.2, 0) is 11.8 Å². The number of rotatable bonds is 4. The highest BCUT2D eigenvalue weighted by Gasteiger charge is 2.36. The van der Waals surface area contributed by atoms with Crippen molar-refractivity contribution in [2.24, 2.45) is 7.05 Å². The number of aromatic nitrogens is 2. The van der Waals surface area contributed by atoms with Crippen molar-refractivity contribution in [2.75, 3.05) is 13.1 Å². The third-order valence-corrected chi connectivity index (χ3v) is 5.58. The maximum absolute atomic E-state index is 15.2. The van der Waals surface area contributed by atoms with Gasteiger partial charge in [-0.25, -0.2) is 13.6 Å². The molecule has 0 N–H and O–H groups in total. The second-order valence-corrected chi connectivity index (χ2v) is 9.32. The molecule has 9 heteroatoms. The van der Waals surface area contributed by atoms with Gasteiger partial charge in [0.2, 0.25) is 0 Å². The Balaban J connectivity index is 1.48. The van der Waals surface area contributed by atoms with Crippen LogP contribution in [0.15, 0.2) is 6.07 Å². The molecule has 1 aliphatic heterocycles. The van der Waals surface area contributed by atoms with E-state index >= 15 is 4.39 Å². The van der Waals surface area contributed by atoms with Crippen molar-refractivity contribution in [1.29, 1.82) is 0 Å². The minimum absolute atomic E-state index is 0.00383. The number of amides is 1. The molecular weight excluding hydrogens is 408 g/mol. The fourth-order valence-corrected chi connectivity index (χ4v) is 3.95. The summed E-state index contributed by atoms with van der Waals surface area (Å²) >= 11 is 0. The number of nitrogens with zero attached hydrogens (tertiary/aromatic N) is 3. The summed E-state index contributed by atoms with van der Waals surface area (Å²) in [5.74, 6) is -1.57. The Morgan fingerprint density at radius 3 is 2.42 bits per heavy atom. The lowest BCUT2D eigenvalue weighted by Crippen LogP contribution is -2.57. The van der Waals surface area contributed by atoms with E-state index in [4.69, 9.17) is 14.2 Å². The van der Waals surface area contributed by atoms with Gasteiger partial charge in [0.25, 0.3) is 6.01 Å². The number of benzene rings is 1. The standard InChI is InChI=1S/C22H29F2N3O4/c1-22(2,3)31-21(28)27-11-14(12-27)29-16-10-15(23)18-19(17(16)24)26(4)20(25-18)30-13-8-6-5-7-9-13/h10,13-14H,5-9,11-12H2,1-4H3. The average molecular weight is 437 g/mol. The number of ether oxygens (including phenoxy) is 3. The Morgan fingerprint density at radius 1 is 1.10 bits per heavy atom. The molecule has 0 radical (unpaired) electrons. The predicted molar refractivity (Wildman–Crippen MR) is 110 cm³/mol. The molecule has 0 bridgehead atoms. The molecule has 0 unspecified atom stereocenters. The number of hydrogen-bond donors (Lipinski definition) is 0. The van der Waals surface area contributed by atoms with Crippen LogP contribution in [0, 0.1) is 11.6 Å². The van der Waals surface area contributed by atoms with Crippen molar-refractivity contribution in [3.63, 3.8) is 0 Å². The molecule has 0 atom stereocenters. The molecule has 2 aliphatic rings. The predicted octanol–water partition coefficient (Wildman–Crippen LogP) is 4.56. The van der Waals surface area contributed by atoms with Gasteiger partial charge in [-0.1, -0.05) is 6.42 Å². The van der Waals surface area contributed by atoms with Crippen LogP contribution in [0.5, 0.6) is 11.8 Å². The largest absolute Gasteiger partial charge is 0.483 e. The minimum Gasteiger partial charge on any atom is -0.483 e. The molecule has 4 rings (SSSR count). The number of carbonyl (C=O) groups excluding carboxylic acids is 1. The van der Waals surface area contributed by atoms with E-state index in [2.05, 4.69) is 4.98 Å². The van der Waals surface area contributed by atoms with E-state index in [-0.39, 0.29) is 42.0 Å². The summed E-state index contributed by atoms with van der Waals surface area (Å²) in [6, 6.07) is 1.21. The molecule has 1 saturated carbocycles. The highest BCUT2D eigenvalue weighted by molar-refractivity contribution is 5.80. The van der Waals surface area contributed by atoms with Gasteiger partial charge in [-0.15, -0.1) is 0 Å². The first kappa shape index (κ1) is 21.6. The van der Waals surface area contributed by atoms with Crippen LogP contribution in [0.4, 0.5) is 13.6 Å². The van der Waals surface area contributed by atoms with Crippen molar-refractivity contribution >= 4 is 17.1 Å². The van der Waals surface area contributed by atoms with E-state index in [1.165, 1.54) is 15.9 Å². The molecule has 7 nitrogen and oxygen atoms in total. The van der Waals surface area contributed by atoms with Gasteiger partial charge in [-0.05, 0) is 46.5 Å². The van der Waals surface area contributed by atoms with Crippen molar-refractivity contribution in [1.82, 2.24) is 14.5 Å². The number of hydrogen-bond acceptors (Lipinski definition) is 5. The summed E-state index contributed by atoms with van der Waals surface area (Å²) in [5, 5.41) is 0. The lowest BCUT2D eigenvalue weighted by atomic mass is 9.98. The van der Waals surface area contributed by atoms with Crippen molar-refractivity contribution in [3.05, 3.63) is 17.7 Å². The summed E-state index contributed by atoms with van der Waals surface area (Å²) < 4.78 is 48.2. The van der Waals surface area contributed by atoms with Crippen molar-refractivity contribution < 1.29 is 27.8 Å². The first-order valence-electron chi connectivity index (χ1n) is 10.8. The van der Waals surface area contributed by atoms with Gasteiger partial charge in [0.1, 0.15) is 28.8 Å². The minimum atomic E-state index is -0.694. The monoisotopic (exact) mass is 437 g/mol. The van der Waals surface area contributed by atoms with Gasteiger partial charge in [0.05, 0.1) is 13.1 Å². The van der Waals surface area contributed by atoms with Crippen molar-refractivity contribution in [3.8, 4) is 11.8 Å². The van der Waals surface area contributed by atoms with Crippen LogP contribution in [0.25, 0.3) is 11.0 Å². The van der Waals surface area contributed by atoms with Crippen molar-refractivity contribution in [2.45, 2.75) is 70.7 Å². The number of imidazole rings is 1. The zero-order valence-electron chi connectivity index (χ0n) is 18.4. The average Bonchev–Trinajstić information content (AvgIpc) is 2.98. The first-order chi connectivity index (χ1) is 14.6. The zero-order chi connectivity index (χ0) is 22.3. The molecule has 0 spiro atoms. The molecule has 1 aromatic carbocycles. The Kier molecular flexibility index (Phi) is 5.70. The van der Waals surface area contributed by atoms with Crippen LogP contribution < -0.4 is 9.47 Å². The van der Waals surface area contributed by atoms with E-state index in [9.17, 15) is 9.18 Å². The Labute approximate surface area is 180 Å². The highest BCUT2D eigenvalue weighted by Crippen LogP contribution is 2.34. The molecule has 2 fully saturated rings. The van der Waals surface area contributed by atoms with Gasteiger partial charge in [-0.2, -0.15) is 4.98 Å². The van der Waals surface area contributed by atoms with Crippen LogP contribution in [0.2, 0.25) is 0 Å². The zero-order valence-corrected chi connectivity index (χ0v) is 18.4. The third-order valence-electron chi connectivity index (χ3n) is 5.58. The van der Waals surface area contributed by atoms with E-state index < -0.39 is 29.4 Å². The van der Waals surface area contributed by atoms with E-state index in [0.29, 0.717) is 0 Å². The van der Waals surface area contributed by atoms with E-state index in [0.717, 1.165) is 31.7 Å². The molecule has 1 aromatic heterocycles. The maximum Gasteiger partial charge on any atom is 0.410 e. The molecule has 31 heavy (non-hydrogen) atoms. The fraction of sp³-hybridized carbons (Fsp3) is 0.636. The molecule has 1 aliphatic carbocycles. The lowest BCUT2D eigenvalue weighted by Gasteiger charge is -2.39. The number of halogens is 2. The van der Waals surface area contributed by atoms with Gasteiger partial charge < -0.3 is 19.1 Å². The first-order valence-corrected chi connectivity index (χ1v) is 10.8. The number of carbonyl (C=O) groups is 1. The Bertz CT molecular complexity index is 974. The van der Waals surface area contributed by atoms with Crippen LogP contribution in [-0.4, -0.2) is 51.4 Å². The highest BCUT2D eigenvalue weighted by atomic mass is 19.1. The van der Waals surface area contributed by atoms with Gasteiger partial charge >= 0.3 is 6.09 Å². The number of fused-ring (bicyclic) bond motifs is 1. The fourth-order valence-electron chi connectivity index (χ4n) is 3.95. The SMILES string of the molecule is Cn1c(OC2CCCCC2)nc2c(F)cc(OC3CN(C(=O)OC(C)(C)C)C3)c(F)c21. The number of aryl methyl sites for hydroxylation is 1. The number of likely N-dealkylation sites (tertiary alicyclic amines) is 1. The summed E-state index contributed by atoms with van der Waals surface area (Å²) in [6.07, 6.45) is 4.29. The van der Waals surface area contributed by atoms with E-state index in [1.54, 1.807) is 27.8 Å². The summed E-state index contributed by atoms with van der Waals surface area (Å²) in [5.41, 5.74) is -0.675. The summed E-state index contributed by atoms with van der Waals surface area (Å²) in [7, 11) is 1.60. The normalized spacial score (nSPS) is 18.2. The second-order valence-electron chi connectivity index (χ2n) is 9.32. The Hall–Kier alpha value is -2.58. The lowest BCUT2D eigenvalue weighted by molar-refractivity contribution is -0.0229. The second kappa shape index (κ2) is 8.16. The summed E-state index contributed by atoms with van der Waals surface area (Å²) in [4.78, 5) is 17.7. The van der Waals surface area contributed by atoms with Gasteiger partial charge in [0, 0.05) is 13.1 Å².